The molecule has 2 unspecified atom stereocenters. The molecule has 4 aromatic rings. The zero-order valence-electron chi connectivity index (χ0n) is 62.6. The minimum Gasteiger partial charge on any atom is -0.493 e. The molecule has 0 aliphatic heterocycles. The number of hydrogen-bond acceptors (Lipinski definition) is 14. The summed E-state index contributed by atoms with van der Waals surface area (Å²) in [5, 5.41) is 10.6. The second-order valence-corrected chi connectivity index (χ2v) is 31.7. The molecule has 0 bridgehead atoms. The van der Waals surface area contributed by atoms with Crippen molar-refractivity contribution in [3.8, 4) is 11.5 Å². The first-order valence-corrected chi connectivity index (χ1v) is 40.6. The number of aryl methyl sites for hydroxylation is 2. The van der Waals surface area contributed by atoms with Crippen LogP contribution in [0.4, 0.5) is 11.4 Å². The van der Waals surface area contributed by atoms with Crippen LogP contribution in [0.15, 0.2) is 133 Å². The van der Waals surface area contributed by atoms with E-state index in [2.05, 4.69) is 236 Å². The lowest BCUT2D eigenvalue weighted by atomic mass is 9.89. The molecule has 5 amide bonds. The average molecular weight is 1740 g/mol. The van der Waals surface area contributed by atoms with Crippen LogP contribution in [0.1, 0.15) is 131 Å². The Labute approximate surface area is 659 Å². The molecule has 0 heterocycles. The molecule has 0 aromatic heterocycles. The number of rotatable bonds is 38. The van der Waals surface area contributed by atoms with E-state index in [9.17, 15) is 50.7 Å². The summed E-state index contributed by atoms with van der Waals surface area (Å²) in [4.78, 5) is 89.6. The summed E-state index contributed by atoms with van der Waals surface area (Å²) in [5.74, 6) is 1.14. The third-order valence-electron chi connectivity index (χ3n) is 16.7. The summed E-state index contributed by atoms with van der Waals surface area (Å²) >= 11 is 4.69. The summed E-state index contributed by atoms with van der Waals surface area (Å²) in [6, 6.07) is 24.8. The number of allylic oxidation sites excluding steroid dienone is 10. The van der Waals surface area contributed by atoms with Crippen LogP contribution < -0.4 is 45.3 Å². The summed E-state index contributed by atoms with van der Waals surface area (Å²) in [7, 11) is 8.42. The number of esters is 1. The van der Waals surface area contributed by atoms with Crippen LogP contribution in [-0.2, 0) is 58.4 Å². The van der Waals surface area contributed by atoms with Crippen LogP contribution in [0.5, 0.6) is 11.5 Å². The maximum atomic E-state index is 13.2. The molecule has 107 heavy (non-hydrogen) atoms. The topological polar surface area (TPSA) is 313 Å². The first-order valence-electron chi connectivity index (χ1n) is 35.1. The molecular formula is C79H108I2N9O15S2+3. The maximum absolute atomic E-state index is 13.2. The third kappa shape index (κ3) is 32.7. The molecule has 24 nitrogen and oxygen atoms in total. The molecular weight excluding hydrogens is 1630 g/mol. The smallest absolute Gasteiger partial charge is 0.359 e. The van der Waals surface area contributed by atoms with Crippen LogP contribution >= 0.6 is 45.2 Å². The van der Waals surface area contributed by atoms with Gasteiger partial charge in [-0.25, -0.2) is 18.1 Å². The van der Waals surface area contributed by atoms with Crippen molar-refractivity contribution in [2.24, 2.45) is 0 Å². The van der Waals surface area contributed by atoms with E-state index in [0.717, 1.165) is 69.0 Å². The van der Waals surface area contributed by atoms with Crippen molar-refractivity contribution in [3.63, 3.8) is 0 Å². The lowest BCUT2D eigenvalue weighted by Crippen LogP contribution is -3.00. The fourth-order valence-electron chi connectivity index (χ4n) is 11.2. The summed E-state index contributed by atoms with van der Waals surface area (Å²) in [5.41, 5.74) is 15.5. The van der Waals surface area contributed by atoms with Gasteiger partial charge in [-0.05, 0) is 251 Å². The van der Waals surface area contributed by atoms with Gasteiger partial charge in [-0.15, -0.1) is 0 Å². The van der Waals surface area contributed by atoms with Gasteiger partial charge in [0.15, 0.2) is 11.4 Å². The summed E-state index contributed by atoms with van der Waals surface area (Å²) in [6.07, 6.45) is 18.7. The summed E-state index contributed by atoms with van der Waals surface area (Å²) < 4.78 is 76.0. The van der Waals surface area contributed by atoms with Gasteiger partial charge in [-0.3, -0.25) is 38.1 Å². The van der Waals surface area contributed by atoms with E-state index < -0.39 is 56.7 Å². The molecule has 0 spiro atoms. The zero-order valence-corrected chi connectivity index (χ0v) is 68.5. The van der Waals surface area contributed by atoms with E-state index in [1.54, 1.807) is 0 Å². The van der Waals surface area contributed by atoms with E-state index >= 15 is 0 Å². The Morgan fingerprint density at radius 1 is 0.570 bits per heavy atom. The van der Waals surface area contributed by atoms with Crippen molar-refractivity contribution in [1.82, 2.24) is 26.0 Å². The normalized spacial score (nSPS) is 13.0. The molecule has 8 N–H and O–H groups in total. The Morgan fingerprint density at radius 2 is 1.05 bits per heavy atom. The van der Waals surface area contributed by atoms with Crippen LogP contribution in [0.3, 0.4) is 0 Å². The lowest BCUT2D eigenvalue weighted by molar-refractivity contribution is -0.786. The quantitative estimate of drug-likeness (QED) is 0.00519. The number of quaternary nitrogens is 1. The number of unbranched alkanes of at least 4 members (excludes halogenated alkanes) is 1. The molecule has 0 radical (unpaired) electrons. The number of ether oxygens (including phenoxy) is 3. The highest BCUT2D eigenvalue weighted by Gasteiger charge is 2.24. The van der Waals surface area contributed by atoms with Gasteiger partial charge in [-0.2, -0.15) is 8.42 Å². The number of carbonyl (C=O) groups is 7. The minimum atomic E-state index is -4.81. The van der Waals surface area contributed by atoms with Crippen LogP contribution in [-0.4, -0.2) is 197 Å². The first-order chi connectivity index (χ1) is 50.1. The van der Waals surface area contributed by atoms with E-state index in [4.69, 9.17) is 18.8 Å². The van der Waals surface area contributed by atoms with Crippen molar-refractivity contribution in [2.45, 2.75) is 118 Å². The van der Waals surface area contributed by atoms with Gasteiger partial charge in [-0.1, -0.05) is 19.6 Å². The van der Waals surface area contributed by atoms with Crippen molar-refractivity contribution in [1.29, 1.82) is 0 Å². The monoisotopic (exact) mass is 1740 g/mol. The second-order valence-electron chi connectivity index (χ2n) is 26.3. The number of hydrogen-bond donors (Lipinski definition) is 8. The molecule has 2 aliphatic carbocycles. The zero-order chi connectivity index (χ0) is 78.3. The van der Waals surface area contributed by atoms with Crippen molar-refractivity contribution < 1.29 is 83.6 Å². The summed E-state index contributed by atoms with van der Waals surface area (Å²) in [6.45, 7) is 7.31. The Balaban J connectivity index is 0.000000546. The molecule has 582 valence electrons. The number of anilines is 1. The van der Waals surface area contributed by atoms with Gasteiger partial charge in [0.05, 0.1) is 50.9 Å². The van der Waals surface area contributed by atoms with Gasteiger partial charge in [0.25, 0.3) is 0 Å². The number of halogens is 2. The molecule has 6 rings (SSSR count). The largest absolute Gasteiger partial charge is 0.493 e. The van der Waals surface area contributed by atoms with E-state index in [1.807, 2.05) is 49.0 Å². The van der Waals surface area contributed by atoms with Crippen molar-refractivity contribution >= 4 is 146 Å². The van der Waals surface area contributed by atoms with E-state index in [1.165, 1.54) is 37.7 Å². The number of ketones is 1. The number of amides is 5. The van der Waals surface area contributed by atoms with E-state index in [-0.39, 0.29) is 102 Å². The number of benzene rings is 4. The van der Waals surface area contributed by atoms with Gasteiger partial charge >= 0.3 is 16.3 Å². The molecule has 28 heteroatoms. The number of nitrogens with zero attached hydrogens (tertiary/aromatic N) is 3. The first kappa shape index (κ1) is 91.2. The SMILES string of the molecule is C.C=S(=O)(O)CCCC(=O)CCC(=O)NCCCCC(NC(=O)CCC(=O)NS(=O)(=O)O)C(=O)NCCNC(=O)CCCOc1c(C)cc(C(=C2C=CC(=[N+](C)C)C=C2)c2ccc(N(C)C)cc2)cc1C.CCOC(=O)CCCOc1c(I)cc(C(=C2C=CC(=[N+](C)C)C=C2)c2ccc([NH+](C)C)cc2)cc1I. The highest BCUT2D eigenvalue weighted by Crippen LogP contribution is 2.38. The van der Waals surface area contributed by atoms with Gasteiger partial charge in [0.1, 0.15) is 57.2 Å². The Bertz CT molecular complexity index is 4200. The number of carbonyl (C=O) groups excluding carboxylic acids is 7. The molecule has 4 aromatic carbocycles. The highest BCUT2D eigenvalue weighted by atomic mass is 127. The predicted octanol–water partition coefficient (Wildman–Crippen LogP) is 8.86. The molecule has 0 saturated heterocycles. The molecule has 2 atom stereocenters. The number of Topliss-reactive ketones (excluding diaryl/α,β-unsaturated/α-hetero) is 1. The number of nitrogens with one attached hydrogen (secondary N) is 6. The van der Waals surface area contributed by atoms with Gasteiger partial charge < -0.3 is 49.8 Å². The third-order valence-corrected chi connectivity index (χ3v) is 19.7. The van der Waals surface area contributed by atoms with E-state index in [0.29, 0.717) is 45.3 Å². The Hall–Kier alpha value is -8.14. The fraction of sp³-hybridized carbons (Fsp3) is 0.418. The average Bonchev–Trinajstić information content (AvgIpc) is 0.794. The molecule has 0 saturated carbocycles. The Morgan fingerprint density at radius 3 is 1.55 bits per heavy atom. The van der Waals surface area contributed by atoms with Gasteiger partial charge in [0.2, 0.25) is 29.5 Å². The standard InChI is InChI=1S/C49H69N7O12S2.C29H33I2N2O3.CH4/c1-34-32-38(47(36-15-19-39(20-16-36)55(3)4)37-17-21-40(22-18-37)56(5)6)33-35(2)48(34)68-30-10-14-43(58)51-28-29-52-49(62)42(53-45(60)25-26-46(61)54-70(65,66)67)13-8-9-27-50-44(59)24-23-41(57)12-11-31-69(7,63)64;1-6-35-27(34)8-7-17-36-29-25(30)18-22(19-26(29)31)28(20-9-13-23(14-10-20)32(2)3)21-11-15-24(16-12-21)33(4)5;/h15-22,32-33,42H,7-14,23-31H2,1-6H3,(H6-,50,51,52,53,54,58,59,60,61,62,63,64,65,66,67);9-16,18-19H,6-8,17H2,1-5H3;1H4/q;+1;/p+2. The lowest BCUT2D eigenvalue weighted by Gasteiger charge is -2.19. The second kappa shape index (κ2) is 45.6. The fourth-order valence-corrected chi connectivity index (χ4v) is 14.2. The van der Waals surface area contributed by atoms with Crippen molar-refractivity contribution in [2.75, 3.05) is 106 Å². The molecule has 2 aliphatic rings. The molecule has 0 fully saturated rings. The Kier molecular flexibility index (Phi) is 38.9. The maximum Gasteiger partial charge on any atom is 0.359 e. The highest BCUT2D eigenvalue weighted by molar-refractivity contribution is 14.1. The van der Waals surface area contributed by atoms with Crippen LogP contribution in [0.2, 0.25) is 0 Å². The predicted molar refractivity (Wildman–Crippen MR) is 443 cm³/mol. The minimum absolute atomic E-state index is 0. The van der Waals surface area contributed by atoms with Crippen LogP contribution in [0, 0.1) is 21.0 Å². The van der Waals surface area contributed by atoms with Crippen molar-refractivity contribution in [3.05, 3.63) is 173 Å². The van der Waals surface area contributed by atoms with Gasteiger partial charge in [0, 0.05) is 114 Å². The van der Waals surface area contributed by atoms with Crippen LogP contribution in [0.25, 0.3) is 11.1 Å².